The van der Waals surface area contributed by atoms with E-state index in [4.69, 9.17) is 4.43 Å². The molecule has 0 aromatic rings. The molecule has 1 aliphatic heterocycles. The Kier molecular flexibility index (Phi) is 2.05. The van der Waals surface area contributed by atoms with Crippen molar-refractivity contribution >= 4 is 16.4 Å². The Morgan fingerprint density at radius 2 is 1.81 bits per heavy atom. The van der Waals surface area contributed by atoms with Gasteiger partial charge in [0.2, 0.25) is 0 Å². The fourth-order valence-corrected chi connectivity index (χ4v) is 14.6. The average Bonchev–Trinajstić information content (AvgIpc) is 2.94. The smallest absolute Gasteiger partial charge is 0.193 e. The normalized spacial score (nSPS) is 43.7. The minimum Gasteiger partial charge on any atom is -0.417 e. The lowest BCUT2D eigenvalue weighted by Crippen LogP contribution is -2.50. The van der Waals surface area contributed by atoms with Gasteiger partial charge < -0.3 is 4.43 Å². The fourth-order valence-electron chi connectivity index (χ4n) is 5.15. The summed E-state index contributed by atoms with van der Waals surface area (Å²) < 4.78 is 6.31. The monoisotopic (exact) mass is 254 g/mol. The van der Waals surface area contributed by atoms with E-state index in [2.05, 4.69) is 32.7 Å². The van der Waals surface area contributed by atoms with E-state index in [0.717, 1.165) is 17.6 Å². The molecule has 0 bridgehead atoms. The highest BCUT2D eigenvalue weighted by Gasteiger charge is 2.80. The number of hydrogen-bond donors (Lipinski definition) is 0. The van der Waals surface area contributed by atoms with Crippen molar-refractivity contribution < 1.29 is 4.43 Å². The zero-order valence-electron chi connectivity index (χ0n) is 11.5. The highest BCUT2D eigenvalue weighted by molar-refractivity contribution is 6.85. The summed E-state index contributed by atoms with van der Waals surface area (Å²) in [7, 11) is -2.44. The topological polar surface area (TPSA) is 9.23 Å². The summed E-state index contributed by atoms with van der Waals surface area (Å²) in [6, 6.07) is 0. The molecule has 1 saturated heterocycles. The highest BCUT2D eigenvalue weighted by Crippen LogP contribution is 2.90. The Labute approximate surface area is 102 Å². The van der Waals surface area contributed by atoms with Crippen LogP contribution >= 0.6 is 0 Å². The quantitative estimate of drug-likeness (QED) is 0.670. The molecule has 0 aromatic carbocycles. The molecule has 0 amide bonds. The van der Waals surface area contributed by atoms with Crippen molar-refractivity contribution in [2.75, 3.05) is 6.61 Å². The predicted molar refractivity (Wildman–Crippen MR) is 74.1 cm³/mol. The maximum absolute atomic E-state index is 6.31. The van der Waals surface area contributed by atoms with Gasteiger partial charge in [0.25, 0.3) is 0 Å². The molecule has 2 aliphatic carbocycles. The van der Waals surface area contributed by atoms with Crippen molar-refractivity contribution in [1.82, 2.24) is 0 Å². The van der Waals surface area contributed by atoms with Crippen LogP contribution in [0.2, 0.25) is 42.8 Å². The molecule has 3 fully saturated rings. The van der Waals surface area contributed by atoms with Crippen molar-refractivity contribution in [3.63, 3.8) is 0 Å². The summed E-state index contributed by atoms with van der Waals surface area (Å²) in [5.41, 5.74) is 0. The molecule has 3 aliphatic rings. The van der Waals surface area contributed by atoms with Crippen LogP contribution in [0, 0.1) is 5.92 Å². The van der Waals surface area contributed by atoms with E-state index in [1.807, 2.05) is 0 Å². The molecule has 16 heavy (non-hydrogen) atoms. The van der Waals surface area contributed by atoms with Gasteiger partial charge in [-0.15, -0.1) is 0 Å². The summed E-state index contributed by atoms with van der Waals surface area (Å²) in [6.45, 7) is 13.9. The molecule has 0 spiro atoms. The first kappa shape index (κ1) is 11.5. The Morgan fingerprint density at radius 1 is 1.19 bits per heavy atom. The van der Waals surface area contributed by atoms with Gasteiger partial charge in [-0.05, 0) is 54.8 Å². The predicted octanol–water partition coefficient (Wildman–Crippen LogP) is 4.24. The minimum atomic E-state index is -1.42. The molecule has 2 atom stereocenters. The average molecular weight is 255 g/mol. The largest absolute Gasteiger partial charge is 0.417 e. The third-order valence-corrected chi connectivity index (χ3v) is 14.4. The maximum atomic E-state index is 6.31. The summed E-state index contributed by atoms with van der Waals surface area (Å²) >= 11 is 0. The van der Waals surface area contributed by atoms with Crippen LogP contribution in [-0.2, 0) is 4.43 Å². The Morgan fingerprint density at radius 3 is 2.25 bits per heavy atom. The van der Waals surface area contributed by atoms with Crippen LogP contribution in [0.4, 0.5) is 0 Å². The Balaban J connectivity index is 2.01. The number of hydrogen-bond acceptors (Lipinski definition) is 1. The lowest BCUT2D eigenvalue weighted by Gasteiger charge is -2.47. The van der Waals surface area contributed by atoms with E-state index >= 15 is 0 Å². The lowest BCUT2D eigenvalue weighted by molar-refractivity contribution is 0.245. The van der Waals surface area contributed by atoms with Crippen LogP contribution < -0.4 is 0 Å². The number of fused-ring (bicyclic) bond motifs is 1. The summed E-state index contributed by atoms with van der Waals surface area (Å²) in [4.78, 5) is 0. The standard InChI is InChI=1S/C13H26OSi2/c1-15(2,3)12(7-8-12)13-10-11(13)6-9-14-16(13,4)5/h11H,6-10H2,1-5H3. The van der Waals surface area contributed by atoms with Crippen LogP contribution in [-0.4, -0.2) is 23.0 Å². The zero-order chi connectivity index (χ0) is 11.8. The molecular weight excluding hydrogens is 228 g/mol. The molecule has 3 rings (SSSR count). The van der Waals surface area contributed by atoms with Crippen LogP contribution in [0.1, 0.15) is 25.7 Å². The number of rotatable bonds is 2. The Bertz CT molecular complexity index is 327. The second kappa shape index (κ2) is 2.86. The minimum absolute atomic E-state index is 0.711. The van der Waals surface area contributed by atoms with Gasteiger partial charge in [0, 0.05) is 6.61 Å². The molecule has 0 radical (unpaired) electrons. The summed E-state index contributed by atoms with van der Waals surface area (Å²) in [6.07, 6.45) is 5.94. The van der Waals surface area contributed by atoms with Gasteiger partial charge in [-0.25, -0.2) is 0 Å². The first-order valence-electron chi connectivity index (χ1n) is 6.91. The van der Waals surface area contributed by atoms with Crippen LogP contribution in [0.25, 0.3) is 0 Å². The van der Waals surface area contributed by atoms with Crippen molar-refractivity contribution in [3.8, 4) is 0 Å². The van der Waals surface area contributed by atoms with Gasteiger partial charge in [-0.1, -0.05) is 19.6 Å². The van der Waals surface area contributed by atoms with Crippen molar-refractivity contribution in [1.29, 1.82) is 0 Å². The van der Waals surface area contributed by atoms with E-state index in [1.165, 1.54) is 25.7 Å². The molecule has 0 aromatic heterocycles. The Hall–Kier alpha value is 0.394. The van der Waals surface area contributed by atoms with E-state index in [1.54, 1.807) is 0 Å². The highest BCUT2D eigenvalue weighted by atomic mass is 28.4. The molecule has 2 unspecified atom stereocenters. The van der Waals surface area contributed by atoms with Gasteiger partial charge in [-0.3, -0.25) is 0 Å². The first-order valence-corrected chi connectivity index (χ1v) is 13.3. The van der Waals surface area contributed by atoms with Crippen LogP contribution in [0.3, 0.4) is 0 Å². The van der Waals surface area contributed by atoms with E-state index in [-0.39, 0.29) is 0 Å². The maximum Gasteiger partial charge on any atom is 0.193 e. The van der Waals surface area contributed by atoms with Crippen LogP contribution in [0.15, 0.2) is 0 Å². The summed E-state index contributed by atoms with van der Waals surface area (Å²) in [5, 5.41) is 1.49. The molecule has 2 saturated carbocycles. The van der Waals surface area contributed by atoms with Gasteiger partial charge >= 0.3 is 0 Å². The van der Waals surface area contributed by atoms with E-state index in [0.29, 0.717) is 5.04 Å². The van der Waals surface area contributed by atoms with Gasteiger partial charge in [-0.2, -0.15) is 0 Å². The SMILES string of the molecule is C[Si](C)(C)C1(C23CC2CCO[Si]3(C)C)CC1. The molecule has 3 heteroatoms. The van der Waals surface area contributed by atoms with Gasteiger partial charge in [0.1, 0.15) is 0 Å². The second-order valence-electron chi connectivity index (χ2n) is 7.85. The molecule has 1 heterocycles. The molecule has 0 N–H and O–H groups in total. The van der Waals surface area contributed by atoms with Crippen molar-refractivity contribution in [3.05, 3.63) is 0 Å². The third kappa shape index (κ3) is 1.10. The van der Waals surface area contributed by atoms with Crippen molar-refractivity contribution in [2.45, 2.75) is 68.5 Å². The van der Waals surface area contributed by atoms with Gasteiger partial charge in [0.05, 0.1) is 8.07 Å². The second-order valence-corrected chi connectivity index (χ2v) is 17.5. The molecule has 92 valence electrons. The molecular formula is C13H26OSi2. The van der Waals surface area contributed by atoms with Crippen molar-refractivity contribution in [2.24, 2.45) is 5.92 Å². The fraction of sp³-hybridized carbons (Fsp3) is 1.00. The van der Waals surface area contributed by atoms with E-state index in [9.17, 15) is 0 Å². The first-order chi connectivity index (χ1) is 7.27. The van der Waals surface area contributed by atoms with E-state index < -0.39 is 16.4 Å². The van der Waals surface area contributed by atoms with Crippen LogP contribution in [0.5, 0.6) is 0 Å². The summed E-state index contributed by atoms with van der Waals surface area (Å²) in [5.74, 6) is 1.05. The van der Waals surface area contributed by atoms with Gasteiger partial charge in [0.15, 0.2) is 8.32 Å². The zero-order valence-corrected chi connectivity index (χ0v) is 13.5. The third-order valence-electron chi connectivity index (χ3n) is 6.15. The lowest BCUT2D eigenvalue weighted by atomic mass is 10.1. The molecule has 1 nitrogen and oxygen atoms in total.